The molecular formula is C16H29NO2. The fourth-order valence-electron chi connectivity index (χ4n) is 4.01. The van der Waals surface area contributed by atoms with Gasteiger partial charge in [-0.25, -0.2) is 0 Å². The average Bonchev–Trinajstić information content (AvgIpc) is 2.65. The zero-order chi connectivity index (χ0) is 13.7. The van der Waals surface area contributed by atoms with Gasteiger partial charge in [-0.2, -0.15) is 0 Å². The number of hydrogen-bond acceptors (Lipinski definition) is 2. The molecule has 2 fully saturated rings. The van der Waals surface area contributed by atoms with E-state index in [-0.39, 0.29) is 6.04 Å². The van der Waals surface area contributed by atoms with Gasteiger partial charge in [-0.1, -0.05) is 32.6 Å². The Morgan fingerprint density at radius 1 is 1.11 bits per heavy atom. The summed E-state index contributed by atoms with van der Waals surface area (Å²) in [5.41, 5.74) is 0. The molecule has 2 rings (SSSR count). The van der Waals surface area contributed by atoms with Gasteiger partial charge in [0.15, 0.2) is 0 Å². The molecule has 0 aromatic heterocycles. The van der Waals surface area contributed by atoms with Crippen LogP contribution in [-0.4, -0.2) is 34.6 Å². The van der Waals surface area contributed by atoms with Gasteiger partial charge < -0.3 is 5.11 Å². The molecule has 0 spiro atoms. The van der Waals surface area contributed by atoms with Crippen LogP contribution in [0.25, 0.3) is 0 Å². The lowest BCUT2D eigenvalue weighted by Gasteiger charge is -2.39. The average molecular weight is 267 g/mol. The van der Waals surface area contributed by atoms with Gasteiger partial charge in [0.05, 0.1) is 0 Å². The van der Waals surface area contributed by atoms with Crippen molar-refractivity contribution in [3.63, 3.8) is 0 Å². The molecule has 1 aliphatic carbocycles. The first-order valence-corrected chi connectivity index (χ1v) is 8.21. The maximum atomic E-state index is 11.5. The van der Waals surface area contributed by atoms with E-state index >= 15 is 0 Å². The van der Waals surface area contributed by atoms with E-state index in [1.807, 2.05) is 0 Å². The van der Waals surface area contributed by atoms with Gasteiger partial charge in [-0.15, -0.1) is 0 Å². The largest absolute Gasteiger partial charge is 0.480 e. The van der Waals surface area contributed by atoms with Crippen molar-refractivity contribution >= 4 is 5.97 Å². The number of nitrogens with zero attached hydrogens (tertiary/aromatic N) is 1. The topological polar surface area (TPSA) is 40.5 Å². The molecular weight excluding hydrogens is 238 g/mol. The van der Waals surface area contributed by atoms with Crippen molar-refractivity contribution in [3.05, 3.63) is 0 Å². The van der Waals surface area contributed by atoms with Crippen LogP contribution in [0.2, 0.25) is 0 Å². The van der Waals surface area contributed by atoms with Gasteiger partial charge >= 0.3 is 5.97 Å². The summed E-state index contributed by atoms with van der Waals surface area (Å²) < 4.78 is 0. The molecule has 1 N–H and O–H groups in total. The molecule has 0 aromatic carbocycles. The zero-order valence-electron chi connectivity index (χ0n) is 12.3. The Kier molecular flexibility index (Phi) is 5.68. The number of aliphatic carboxylic acids is 1. The summed E-state index contributed by atoms with van der Waals surface area (Å²) in [6.45, 7) is 3.27. The van der Waals surface area contributed by atoms with E-state index in [1.165, 1.54) is 51.4 Å². The van der Waals surface area contributed by atoms with Crippen LogP contribution in [0.4, 0.5) is 0 Å². The molecule has 1 aliphatic heterocycles. The van der Waals surface area contributed by atoms with Crippen LogP contribution >= 0.6 is 0 Å². The summed E-state index contributed by atoms with van der Waals surface area (Å²) in [7, 11) is 0. The Morgan fingerprint density at radius 2 is 1.84 bits per heavy atom. The smallest absolute Gasteiger partial charge is 0.320 e. The quantitative estimate of drug-likeness (QED) is 0.844. The van der Waals surface area contributed by atoms with E-state index in [4.69, 9.17) is 0 Å². The van der Waals surface area contributed by atoms with Crippen molar-refractivity contribution in [2.75, 3.05) is 6.54 Å². The lowest BCUT2D eigenvalue weighted by molar-refractivity contribution is -0.144. The van der Waals surface area contributed by atoms with Crippen LogP contribution < -0.4 is 0 Å². The normalized spacial score (nSPS) is 33.8. The molecule has 0 amide bonds. The minimum absolute atomic E-state index is 0.213. The Balaban J connectivity index is 1.93. The third kappa shape index (κ3) is 3.95. The number of carbonyl (C=O) groups is 1. The molecule has 1 saturated carbocycles. The molecule has 3 nitrogen and oxygen atoms in total. The van der Waals surface area contributed by atoms with Gasteiger partial charge in [0.2, 0.25) is 0 Å². The first-order chi connectivity index (χ1) is 9.22. The molecule has 3 heteroatoms. The van der Waals surface area contributed by atoms with Crippen molar-refractivity contribution in [3.8, 4) is 0 Å². The highest BCUT2D eigenvalue weighted by Crippen LogP contribution is 2.33. The van der Waals surface area contributed by atoms with Gasteiger partial charge in [-0.3, -0.25) is 9.69 Å². The molecule has 1 saturated heterocycles. The molecule has 0 bridgehead atoms. The second kappa shape index (κ2) is 7.28. The minimum atomic E-state index is -0.599. The summed E-state index contributed by atoms with van der Waals surface area (Å²) in [6, 6.07) is 0.322. The van der Waals surface area contributed by atoms with Crippen LogP contribution in [0.1, 0.15) is 71.1 Å². The minimum Gasteiger partial charge on any atom is -0.480 e. The van der Waals surface area contributed by atoms with Crippen molar-refractivity contribution < 1.29 is 9.90 Å². The molecule has 19 heavy (non-hydrogen) atoms. The second-order valence-corrected chi connectivity index (χ2v) is 6.40. The van der Waals surface area contributed by atoms with Crippen molar-refractivity contribution in [2.24, 2.45) is 5.92 Å². The molecule has 2 aliphatic rings. The number of carboxylic acids is 1. The lowest BCUT2D eigenvalue weighted by Crippen LogP contribution is -2.48. The molecule has 1 atom stereocenters. The summed E-state index contributed by atoms with van der Waals surface area (Å²) in [6.07, 6.45) is 12.0. The maximum absolute atomic E-state index is 11.5. The van der Waals surface area contributed by atoms with E-state index in [2.05, 4.69) is 11.8 Å². The fraction of sp³-hybridized carbons (Fsp3) is 0.938. The van der Waals surface area contributed by atoms with Crippen molar-refractivity contribution in [2.45, 2.75) is 83.2 Å². The van der Waals surface area contributed by atoms with Gasteiger partial charge in [-0.05, 0) is 51.0 Å². The zero-order valence-corrected chi connectivity index (χ0v) is 12.3. The predicted molar refractivity (Wildman–Crippen MR) is 77.3 cm³/mol. The van der Waals surface area contributed by atoms with E-state index in [9.17, 15) is 9.90 Å². The van der Waals surface area contributed by atoms with Crippen LogP contribution in [0, 0.1) is 5.92 Å². The number of rotatable bonds is 4. The van der Waals surface area contributed by atoms with Gasteiger partial charge in [0.1, 0.15) is 6.04 Å². The fourth-order valence-corrected chi connectivity index (χ4v) is 4.01. The molecule has 1 unspecified atom stereocenters. The third-order valence-electron chi connectivity index (χ3n) is 5.06. The van der Waals surface area contributed by atoms with E-state index < -0.39 is 5.97 Å². The van der Waals surface area contributed by atoms with E-state index in [1.54, 1.807) is 0 Å². The highest BCUT2D eigenvalue weighted by atomic mass is 16.4. The molecule has 110 valence electrons. The maximum Gasteiger partial charge on any atom is 0.320 e. The molecule has 1 heterocycles. The first kappa shape index (κ1) is 14.8. The predicted octanol–water partition coefficient (Wildman–Crippen LogP) is 3.67. The molecule has 0 aromatic rings. The standard InChI is InChI=1S/C16H29NO2/c1-2-6-13-8-10-14(11-9-13)17-12-5-3-4-7-15(17)16(18)19/h13-15H,2-12H2,1H3,(H,18,19). The van der Waals surface area contributed by atoms with Crippen LogP contribution in [0.15, 0.2) is 0 Å². The Morgan fingerprint density at radius 3 is 2.47 bits per heavy atom. The van der Waals surface area contributed by atoms with Crippen LogP contribution in [-0.2, 0) is 4.79 Å². The Bertz CT molecular complexity index is 284. The summed E-state index contributed by atoms with van der Waals surface area (Å²) in [4.78, 5) is 13.8. The van der Waals surface area contributed by atoms with E-state index in [0.717, 1.165) is 25.3 Å². The third-order valence-corrected chi connectivity index (χ3v) is 5.06. The second-order valence-electron chi connectivity index (χ2n) is 6.40. The first-order valence-electron chi connectivity index (χ1n) is 8.21. The van der Waals surface area contributed by atoms with Crippen molar-refractivity contribution in [1.82, 2.24) is 4.90 Å². The molecule has 0 radical (unpaired) electrons. The SMILES string of the molecule is CCCC1CCC(N2CCCCCC2C(=O)O)CC1. The van der Waals surface area contributed by atoms with E-state index in [0.29, 0.717) is 6.04 Å². The summed E-state index contributed by atoms with van der Waals surface area (Å²) >= 11 is 0. The Labute approximate surface area is 117 Å². The highest BCUT2D eigenvalue weighted by Gasteiger charge is 2.34. The Hall–Kier alpha value is -0.570. The van der Waals surface area contributed by atoms with Crippen LogP contribution in [0.5, 0.6) is 0 Å². The summed E-state index contributed by atoms with van der Waals surface area (Å²) in [5.74, 6) is 0.300. The monoisotopic (exact) mass is 267 g/mol. The summed E-state index contributed by atoms with van der Waals surface area (Å²) in [5, 5.41) is 9.46. The van der Waals surface area contributed by atoms with Gasteiger partial charge in [0, 0.05) is 6.04 Å². The highest BCUT2D eigenvalue weighted by molar-refractivity contribution is 5.73. The van der Waals surface area contributed by atoms with Crippen LogP contribution in [0.3, 0.4) is 0 Å². The number of carboxylic acid groups (broad SMARTS) is 1. The van der Waals surface area contributed by atoms with Crippen molar-refractivity contribution in [1.29, 1.82) is 0 Å². The lowest BCUT2D eigenvalue weighted by atomic mass is 9.82. The number of likely N-dealkylation sites (tertiary alicyclic amines) is 1. The van der Waals surface area contributed by atoms with Gasteiger partial charge in [0.25, 0.3) is 0 Å². The number of hydrogen-bond donors (Lipinski definition) is 1.